The number of hydrogen-bond donors (Lipinski definition) is 2. The SMILES string of the molecule is CC.Cc1nc2sc1CCc1cc(c3ccc(F)cc3c1)OCCCc1c(C(=O)O)n(C)c3c(c(Cl)ccc13)-c1c(C)nn3c1C(CCC3)NC2. The molecule has 8 rings (SSSR count). The van der Waals surface area contributed by atoms with Gasteiger partial charge in [0.05, 0.1) is 40.3 Å². The topological polar surface area (TPSA) is 94.2 Å². The van der Waals surface area contributed by atoms with E-state index in [1.54, 1.807) is 28.0 Å². The molecule has 2 N–H and O–H groups in total. The highest BCUT2D eigenvalue weighted by molar-refractivity contribution is 7.11. The second kappa shape index (κ2) is 14.4. The Kier molecular flexibility index (Phi) is 9.93. The Hall–Kier alpha value is -4.25. The van der Waals surface area contributed by atoms with Crippen molar-refractivity contribution in [3.8, 4) is 16.9 Å². The molecule has 1 atom stereocenters. The van der Waals surface area contributed by atoms with Gasteiger partial charge in [0.2, 0.25) is 0 Å². The van der Waals surface area contributed by atoms with Crippen LogP contribution in [-0.2, 0) is 39.4 Å². The van der Waals surface area contributed by atoms with Crippen molar-refractivity contribution in [2.45, 2.75) is 85.4 Å². The molecule has 0 amide bonds. The smallest absolute Gasteiger partial charge is 0.352 e. The molecule has 2 aliphatic rings. The maximum atomic E-state index is 14.3. The third-order valence-corrected chi connectivity index (χ3v) is 11.6. The second-order valence-corrected chi connectivity index (χ2v) is 14.8. The van der Waals surface area contributed by atoms with Gasteiger partial charge in [0.15, 0.2) is 0 Å². The van der Waals surface area contributed by atoms with Crippen LogP contribution in [0.3, 0.4) is 0 Å². The molecule has 3 aromatic carbocycles. The zero-order valence-corrected chi connectivity index (χ0v) is 31.3. The molecule has 5 heterocycles. The standard InChI is InChI=1S/C38H37ClFN5O3S.C2H6/c1-20-31-13-8-22-16-23-18-24(40)9-10-25(23)30(17-22)48-15-5-6-26-27-11-12-28(39)34(35(27)44(3)36(26)38(46)47)33-21(2)43-45-14-4-7-29(37(33)45)41-19-32(42-20)49-31;1-2/h9-12,16-18,29,41H,4-8,13-15,19H2,1-3H3,(H,46,47);1-2H3. The van der Waals surface area contributed by atoms with Gasteiger partial charge in [-0.2, -0.15) is 5.10 Å². The fraction of sp³-hybridized carbons (Fsp3) is 0.375. The number of aromatic nitrogens is 4. The summed E-state index contributed by atoms with van der Waals surface area (Å²) in [6.07, 6.45) is 4.59. The predicted octanol–water partition coefficient (Wildman–Crippen LogP) is 9.52. The highest BCUT2D eigenvalue weighted by Gasteiger charge is 2.32. The summed E-state index contributed by atoms with van der Waals surface area (Å²) in [6, 6.07) is 12.7. The molecule has 8 bridgehead atoms. The lowest BCUT2D eigenvalue weighted by atomic mass is 9.93. The van der Waals surface area contributed by atoms with Crippen LogP contribution in [0.2, 0.25) is 5.02 Å². The van der Waals surface area contributed by atoms with Gasteiger partial charge in [0.1, 0.15) is 22.3 Å². The van der Waals surface area contributed by atoms with Crippen LogP contribution in [0.4, 0.5) is 4.39 Å². The highest BCUT2D eigenvalue weighted by atomic mass is 35.5. The van der Waals surface area contributed by atoms with Gasteiger partial charge in [-0.25, -0.2) is 14.2 Å². The number of hydrogen-bond acceptors (Lipinski definition) is 6. The number of carboxylic acid groups (broad SMARTS) is 1. The van der Waals surface area contributed by atoms with Gasteiger partial charge in [-0.15, -0.1) is 11.3 Å². The first-order chi connectivity index (χ1) is 24.7. The van der Waals surface area contributed by atoms with Gasteiger partial charge < -0.3 is 19.7 Å². The van der Waals surface area contributed by atoms with Crippen molar-refractivity contribution in [1.82, 2.24) is 24.6 Å². The van der Waals surface area contributed by atoms with Gasteiger partial charge >= 0.3 is 5.97 Å². The van der Waals surface area contributed by atoms with Crippen molar-refractivity contribution in [3.63, 3.8) is 0 Å². The summed E-state index contributed by atoms with van der Waals surface area (Å²) in [6.45, 7) is 9.87. The van der Waals surface area contributed by atoms with E-state index in [1.807, 2.05) is 46.0 Å². The second-order valence-electron chi connectivity index (χ2n) is 13.2. The summed E-state index contributed by atoms with van der Waals surface area (Å²) in [5.41, 5.74) is 7.60. The molecule has 2 aliphatic heterocycles. The van der Waals surface area contributed by atoms with Crippen LogP contribution in [0.5, 0.6) is 5.75 Å². The maximum Gasteiger partial charge on any atom is 0.352 e. The molecule has 0 radical (unpaired) electrons. The molecule has 0 spiro atoms. The van der Waals surface area contributed by atoms with Crippen molar-refractivity contribution in [3.05, 3.63) is 97.1 Å². The number of ether oxygens (including phenoxy) is 1. The zero-order chi connectivity index (χ0) is 36.0. The summed E-state index contributed by atoms with van der Waals surface area (Å²) in [5, 5.41) is 23.4. The van der Waals surface area contributed by atoms with Crippen molar-refractivity contribution in [2.24, 2.45) is 7.05 Å². The lowest BCUT2D eigenvalue weighted by Crippen LogP contribution is -2.28. The molecule has 6 aromatic rings. The number of aromatic carboxylic acids is 1. The average molecular weight is 728 g/mol. The number of halogens is 2. The Morgan fingerprint density at radius 2 is 1.84 bits per heavy atom. The molecule has 51 heavy (non-hydrogen) atoms. The van der Waals surface area contributed by atoms with Crippen LogP contribution in [0.1, 0.15) is 87.7 Å². The summed E-state index contributed by atoms with van der Waals surface area (Å²) in [7, 11) is 1.81. The fourth-order valence-electron chi connectivity index (χ4n) is 7.90. The number of carboxylic acids is 1. The Balaban J connectivity index is 0.00000200. The Morgan fingerprint density at radius 3 is 2.65 bits per heavy atom. The molecule has 0 fully saturated rings. The first-order valence-electron chi connectivity index (χ1n) is 17.8. The van der Waals surface area contributed by atoms with E-state index in [0.717, 1.165) is 98.2 Å². The minimum atomic E-state index is -0.988. The number of nitrogens with zero attached hydrogens (tertiary/aromatic N) is 4. The van der Waals surface area contributed by atoms with Crippen LogP contribution in [0, 0.1) is 19.7 Å². The summed E-state index contributed by atoms with van der Waals surface area (Å²) in [4.78, 5) is 19.0. The summed E-state index contributed by atoms with van der Waals surface area (Å²) >= 11 is 8.80. The molecule has 0 saturated carbocycles. The lowest BCUT2D eigenvalue weighted by Gasteiger charge is -2.26. The summed E-state index contributed by atoms with van der Waals surface area (Å²) < 4.78 is 24.6. The van der Waals surface area contributed by atoms with Gasteiger partial charge in [-0.05, 0) is 99.2 Å². The monoisotopic (exact) mass is 727 g/mol. The average Bonchev–Trinajstić information content (AvgIpc) is 3.74. The van der Waals surface area contributed by atoms with E-state index in [2.05, 4.69) is 23.0 Å². The maximum absolute atomic E-state index is 14.3. The third kappa shape index (κ3) is 6.42. The van der Waals surface area contributed by atoms with E-state index < -0.39 is 5.97 Å². The van der Waals surface area contributed by atoms with Crippen LogP contribution >= 0.6 is 22.9 Å². The summed E-state index contributed by atoms with van der Waals surface area (Å²) in [5.74, 6) is -0.576. The van der Waals surface area contributed by atoms with Gasteiger partial charge in [0, 0.05) is 46.9 Å². The van der Waals surface area contributed by atoms with Gasteiger partial charge in [0.25, 0.3) is 0 Å². The van der Waals surface area contributed by atoms with Crippen LogP contribution in [-0.4, -0.2) is 37.0 Å². The highest BCUT2D eigenvalue weighted by Crippen LogP contribution is 2.45. The van der Waals surface area contributed by atoms with Crippen LogP contribution in [0.15, 0.2) is 42.5 Å². The van der Waals surface area contributed by atoms with E-state index in [4.69, 9.17) is 26.4 Å². The van der Waals surface area contributed by atoms with Crippen molar-refractivity contribution < 1.29 is 19.0 Å². The Labute approximate surface area is 306 Å². The first kappa shape index (κ1) is 35.2. The zero-order valence-electron chi connectivity index (χ0n) is 29.7. The Bertz CT molecular complexity index is 2290. The molecule has 11 heteroatoms. The Morgan fingerprint density at radius 1 is 1.04 bits per heavy atom. The first-order valence-corrected chi connectivity index (χ1v) is 19.0. The quantitative estimate of drug-likeness (QED) is 0.175. The van der Waals surface area contributed by atoms with Crippen molar-refractivity contribution in [1.29, 1.82) is 0 Å². The van der Waals surface area contributed by atoms with E-state index in [1.165, 1.54) is 10.9 Å². The molecular weight excluding hydrogens is 685 g/mol. The van der Waals surface area contributed by atoms with E-state index >= 15 is 0 Å². The molecule has 3 aromatic heterocycles. The number of thiazole rings is 1. The number of aryl methyl sites for hydroxylation is 7. The van der Waals surface area contributed by atoms with Gasteiger partial charge in [-0.1, -0.05) is 37.6 Å². The van der Waals surface area contributed by atoms with Crippen molar-refractivity contribution >= 4 is 50.6 Å². The molecule has 266 valence electrons. The normalized spacial score (nSPS) is 16.3. The molecule has 8 nitrogen and oxygen atoms in total. The van der Waals surface area contributed by atoms with E-state index in [9.17, 15) is 14.3 Å². The fourth-order valence-corrected chi connectivity index (χ4v) is 9.17. The predicted molar refractivity (Wildman–Crippen MR) is 203 cm³/mol. The molecule has 0 saturated heterocycles. The number of benzene rings is 3. The van der Waals surface area contributed by atoms with E-state index in [-0.39, 0.29) is 17.6 Å². The van der Waals surface area contributed by atoms with Crippen LogP contribution in [0.25, 0.3) is 32.8 Å². The van der Waals surface area contributed by atoms with E-state index in [0.29, 0.717) is 36.8 Å². The van der Waals surface area contributed by atoms with Crippen molar-refractivity contribution in [2.75, 3.05) is 6.61 Å². The van der Waals surface area contributed by atoms with Gasteiger partial charge in [-0.3, -0.25) is 4.68 Å². The number of fused-ring (bicyclic) bond motifs is 7. The molecular formula is C40H43ClFN5O3S. The minimum Gasteiger partial charge on any atom is -0.493 e. The third-order valence-electron chi connectivity index (χ3n) is 10.1. The lowest BCUT2D eigenvalue weighted by molar-refractivity contribution is 0.0685. The number of carbonyl (C=O) groups is 1. The molecule has 1 unspecified atom stereocenters. The number of rotatable bonds is 1. The molecule has 0 aliphatic carbocycles. The largest absolute Gasteiger partial charge is 0.493 e. The number of nitrogens with one attached hydrogen (secondary N) is 1. The van der Waals surface area contributed by atoms with Crippen LogP contribution < -0.4 is 10.1 Å². The minimum absolute atomic E-state index is 0.0188.